The van der Waals surface area contributed by atoms with Crippen LogP contribution in [0.5, 0.6) is 0 Å². The molecule has 1 atom stereocenters. The lowest BCUT2D eigenvalue weighted by molar-refractivity contribution is 0.0301. The fraction of sp³-hybridized carbons (Fsp3) is 0.600. The number of aliphatic hydroxyl groups excluding tert-OH is 1. The lowest BCUT2D eigenvalue weighted by Gasteiger charge is -2.43. The molecule has 2 rings (SSSR count). The van der Waals surface area contributed by atoms with Crippen LogP contribution in [-0.2, 0) is 0 Å². The van der Waals surface area contributed by atoms with E-state index >= 15 is 0 Å². The van der Waals surface area contributed by atoms with Crippen LogP contribution >= 0.6 is 12.4 Å². The first-order valence-electron chi connectivity index (χ1n) is 7.07. The molecule has 0 aliphatic carbocycles. The lowest BCUT2D eigenvalue weighted by Crippen LogP contribution is -2.49. The summed E-state index contributed by atoms with van der Waals surface area (Å²) in [5.74, 6) is -3.85. The number of nitrogens with zero attached hydrogens (tertiary/aromatic N) is 1. The largest absolute Gasteiger partial charge is 0.396 e. The average Bonchev–Trinajstić information content (AvgIpc) is 2.46. The number of rotatable bonds is 4. The molecule has 0 amide bonds. The van der Waals surface area contributed by atoms with Gasteiger partial charge in [0, 0.05) is 44.2 Å². The molecular formula is C15H22ClF3N2O. The van der Waals surface area contributed by atoms with Crippen LogP contribution < -0.4 is 5.32 Å². The van der Waals surface area contributed by atoms with Crippen molar-refractivity contribution in [2.75, 3.05) is 32.8 Å². The molecule has 1 heterocycles. The second kappa shape index (κ2) is 7.64. The first kappa shape index (κ1) is 19.2. The quantitative estimate of drug-likeness (QED) is 0.828. The summed E-state index contributed by atoms with van der Waals surface area (Å²) >= 11 is 0. The highest BCUT2D eigenvalue weighted by Gasteiger charge is 2.36. The Balaban J connectivity index is 0.00000242. The summed E-state index contributed by atoms with van der Waals surface area (Å²) in [6, 6.07) is 1.68. The van der Waals surface area contributed by atoms with Gasteiger partial charge in [0.15, 0.2) is 17.5 Å². The Morgan fingerprint density at radius 2 is 1.68 bits per heavy atom. The van der Waals surface area contributed by atoms with Gasteiger partial charge in [-0.25, -0.2) is 13.2 Å². The SMILES string of the molecule is CC(C)(CO)[C@H](c1cc(F)c(F)c(F)c1)N1CCNCC1.Cl. The van der Waals surface area contributed by atoms with E-state index in [4.69, 9.17) is 0 Å². The van der Waals surface area contributed by atoms with E-state index in [1.165, 1.54) is 0 Å². The molecule has 0 unspecified atom stereocenters. The molecule has 1 aromatic rings. The number of benzene rings is 1. The summed E-state index contributed by atoms with van der Waals surface area (Å²) in [5.41, 5.74) is -0.249. The van der Waals surface area contributed by atoms with Crippen LogP contribution in [0.2, 0.25) is 0 Å². The van der Waals surface area contributed by atoms with Gasteiger partial charge in [-0.2, -0.15) is 0 Å². The number of halogens is 4. The van der Waals surface area contributed by atoms with Gasteiger partial charge in [0.25, 0.3) is 0 Å². The molecule has 0 saturated carbocycles. The van der Waals surface area contributed by atoms with E-state index < -0.39 is 22.9 Å². The number of piperazine rings is 1. The Labute approximate surface area is 134 Å². The van der Waals surface area contributed by atoms with E-state index in [9.17, 15) is 18.3 Å². The minimum Gasteiger partial charge on any atom is -0.396 e. The molecule has 1 aromatic carbocycles. The third-order valence-corrected chi connectivity index (χ3v) is 3.99. The molecule has 22 heavy (non-hydrogen) atoms. The van der Waals surface area contributed by atoms with Gasteiger partial charge < -0.3 is 10.4 Å². The first-order valence-corrected chi connectivity index (χ1v) is 7.07. The van der Waals surface area contributed by atoms with Crippen molar-refractivity contribution in [2.24, 2.45) is 5.41 Å². The molecule has 126 valence electrons. The van der Waals surface area contributed by atoms with Crippen LogP contribution in [0.3, 0.4) is 0 Å². The van der Waals surface area contributed by atoms with Crippen molar-refractivity contribution >= 4 is 12.4 Å². The topological polar surface area (TPSA) is 35.5 Å². The highest BCUT2D eigenvalue weighted by Crippen LogP contribution is 2.39. The smallest absolute Gasteiger partial charge is 0.194 e. The van der Waals surface area contributed by atoms with Crippen molar-refractivity contribution in [1.29, 1.82) is 0 Å². The number of hydrogen-bond acceptors (Lipinski definition) is 3. The molecule has 0 spiro atoms. The summed E-state index contributed by atoms with van der Waals surface area (Å²) in [6.45, 7) is 6.47. The molecule has 1 saturated heterocycles. The van der Waals surface area contributed by atoms with Crippen molar-refractivity contribution in [2.45, 2.75) is 19.9 Å². The molecule has 3 nitrogen and oxygen atoms in total. The van der Waals surface area contributed by atoms with Crippen LogP contribution in [0.4, 0.5) is 13.2 Å². The minimum absolute atomic E-state index is 0. The zero-order valence-electron chi connectivity index (χ0n) is 12.7. The van der Waals surface area contributed by atoms with Gasteiger partial charge in [-0.05, 0) is 17.7 Å². The van der Waals surface area contributed by atoms with E-state index in [2.05, 4.69) is 10.2 Å². The van der Waals surface area contributed by atoms with Gasteiger partial charge >= 0.3 is 0 Å². The molecule has 0 aromatic heterocycles. The summed E-state index contributed by atoms with van der Waals surface area (Å²) in [7, 11) is 0. The number of aliphatic hydroxyl groups is 1. The van der Waals surface area contributed by atoms with Crippen molar-refractivity contribution in [3.05, 3.63) is 35.1 Å². The van der Waals surface area contributed by atoms with Gasteiger partial charge in [0.1, 0.15) is 0 Å². The Morgan fingerprint density at radius 3 is 2.14 bits per heavy atom. The van der Waals surface area contributed by atoms with Crippen molar-refractivity contribution in [3.8, 4) is 0 Å². The predicted octanol–water partition coefficient (Wildman–Crippen LogP) is 2.49. The summed E-state index contributed by atoms with van der Waals surface area (Å²) in [5, 5.41) is 12.9. The Morgan fingerprint density at radius 1 is 1.18 bits per heavy atom. The van der Waals surface area contributed by atoms with E-state index in [1.807, 2.05) is 13.8 Å². The van der Waals surface area contributed by atoms with Crippen molar-refractivity contribution in [3.63, 3.8) is 0 Å². The predicted molar refractivity (Wildman–Crippen MR) is 81.6 cm³/mol. The van der Waals surface area contributed by atoms with Gasteiger partial charge in [-0.15, -0.1) is 12.4 Å². The molecule has 2 N–H and O–H groups in total. The van der Waals surface area contributed by atoms with Gasteiger partial charge in [0.05, 0.1) is 0 Å². The van der Waals surface area contributed by atoms with Gasteiger partial charge in [-0.1, -0.05) is 13.8 Å². The highest BCUT2D eigenvalue weighted by molar-refractivity contribution is 5.85. The average molecular weight is 339 g/mol. The summed E-state index contributed by atoms with van der Waals surface area (Å²) in [6.07, 6.45) is 0. The van der Waals surface area contributed by atoms with Crippen LogP contribution in [-0.4, -0.2) is 42.8 Å². The molecule has 7 heteroatoms. The van der Waals surface area contributed by atoms with E-state index in [-0.39, 0.29) is 25.1 Å². The zero-order chi connectivity index (χ0) is 15.6. The first-order chi connectivity index (χ1) is 9.86. The molecular weight excluding hydrogens is 317 g/mol. The third-order valence-electron chi connectivity index (χ3n) is 3.99. The molecule has 1 aliphatic heterocycles. The van der Waals surface area contributed by atoms with E-state index in [0.717, 1.165) is 25.2 Å². The molecule has 0 bridgehead atoms. The standard InChI is InChI=1S/C15H21F3N2O.ClH/c1-15(2,9-21)14(20-5-3-19-4-6-20)10-7-11(16)13(18)12(17)8-10;/h7-8,14,19,21H,3-6,9H2,1-2H3;1H/t14-;/m0./s1. The second-order valence-electron chi connectivity index (χ2n) is 6.13. The van der Waals surface area contributed by atoms with Crippen LogP contribution in [0.15, 0.2) is 12.1 Å². The van der Waals surface area contributed by atoms with Crippen molar-refractivity contribution in [1.82, 2.24) is 10.2 Å². The van der Waals surface area contributed by atoms with Gasteiger partial charge in [-0.3, -0.25) is 4.90 Å². The second-order valence-corrected chi connectivity index (χ2v) is 6.13. The highest BCUT2D eigenvalue weighted by atomic mass is 35.5. The monoisotopic (exact) mass is 338 g/mol. The van der Waals surface area contributed by atoms with Crippen LogP contribution in [0, 0.1) is 22.9 Å². The third kappa shape index (κ3) is 3.93. The normalized spacial score (nSPS) is 17.9. The lowest BCUT2D eigenvalue weighted by atomic mass is 9.79. The van der Waals surface area contributed by atoms with E-state index in [0.29, 0.717) is 18.7 Å². The maximum absolute atomic E-state index is 13.6. The maximum atomic E-state index is 13.6. The summed E-state index contributed by atoms with van der Waals surface area (Å²) < 4.78 is 40.3. The Bertz CT molecular complexity index is 485. The fourth-order valence-electron chi connectivity index (χ4n) is 2.92. The molecule has 1 aliphatic rings. The van der Waals surface area contributed by atoms with E-state index in [1.54, 1.807) is 0 Å². The van der Waals surface area contributed by atoms with Gasteiger partial charge in [0.2, 0.25) is 0 Å². The molecule has 0 radical (unpaired) electrons. The fourth-order valence-corrected chi connectivity index (χ4v) is 2.92. The van der Waals surface area contributed by atoms with Crippen LogP contribution in [0.1, 0.15) is 25.5 Å². The Hall–Kier alpha value is -0.820. The summed E-state index contributed by atoms with van der Waals surface area (Å²) in [4.78, 5) is 2.07. The zero-order valence-corrected chi connectivity index (χ0v) is 13.5. The van der Waals surface area contributed by atoms with Crippen LogP contribution in [0.25, 0.3) is 0 Å². The Kier molecular flexibility index (Phi) is 6.67. The molecule has 1 fully saturated rings. The maximum Gasteiger partial charge on any atom is 0.194 e. The number of nitrogens with one attached hydrogen (secondary N) is 1. The van der Waals surface area contributed by atoms with Crippen molar-refractivity contribution < 1.29 is 18.3 Å². The minimum atomic E-state index is -1.46. The number of hydrogen-bond donors (Lipinski definition) is 2.